The van der Waals surface area contributed by atoms with Crippen LogP contribution in [0, 0.1) is 0 Å². The lowest BCUT2D eigenvalue weighted by molar-refractivity contribution is -0.137. The molecular weight excluding hydrogens is 541 g/mol. The molecule has 1 aliphatic heterocycles. The maximum absolute atomic E-state index is 13.4. The summed E-state index contributed by atoms with van der Waals surface area (Å²) in [5, 5.41) is 4.19. The van der Waals surface area contributed by atoms with Crippen molar-refractivity contribution in [1.82, 2.24) is 19.1 Å². The van der Waals surface area contributed by atoms with Gasteiger partial charge in [-0.15, -0.1) is 0 Å². The Kier molecular flexibility index (Phi) is 5.60. The van der Waals surface area contributed by atoms with Gasteiger partial charge in [-0.05, 0) is 34.2 Å². The van der Waals surface area contributed by atoms with Crippen LogP contribution in [0.15, 0.2) is 41.6 Å². The molecule has 1 aromatic carbocycles. The summed E-state index contributed by atoms with van der Waals surface area (Å²) in [5.74, 6) is 0. The van der Waals surface area contributed by atoms with Gasteiger partial charge in [0, 0.05) is 18.7 Å². The number of hydrogen-bond acceptors (Lipinski definition) is 4. The second kappa shape index (κ2) is 7.88. The third kappa shape index (κ3) is 3.77. The Morgan fingerprint density at radius 2 is 1.97 bits per heavy atom. The number of anilines is 1. The molecule has 0 radical (unpaired) electrons. The molecule has 0 spiro atoms. The van der Waals surface area contributed by atoms with E-state index in [0.29, 0.717) is 36.6 Å². The van der Waals surface area contributed by atoms with E-state index in [2.05, 4.69) is 10.1 Å². The third-order valence-corrected chi connectivity index (χ3v) is 6.91. The van der Waals surface area contributed by atoms with Crippen LogP contribution in [0.1, 0.15) is 17.0 Å². The lowest BCUT2D eigenvalue weighted by Crippen LogP contribution is -2.33. The van der Waals surface area contributed by atoms with Crippen LogP contribution >= 0.6 is 40.0 Å². The maximum Gasteiger partial charge on any atom is 0.418 e. The van der Waals surface area contributed by atoms with Gasteiger partial charge in [0.1, 0.15) is 5.02 Å². The summed E-state index contributed by atoms with van der Waals surface area (Å²) in [4.78, 5) is 18.4. The molecule has 1 atom stereocenters. The van der Waals surface area contributed by atoms with Gasteiger partial charge in [0.25, 0.3) is 5.56 Å². The van der Waals surface area contributed by atoms with Gasteiger partial charge in [-0.3, -0.25) is 4.79 Å². The van der Waals surface area contributed by atoms with Crippen LogP contribution < -0.4 is 10.5 Å². The third-order valence-electron chi connectivity index (χ3n) is 4.70. The minimum absolute atomic E-state index is 0.0486. The molecule has 152 valence electrons. The van der Waals surface area contributed by atoms with Crippen molar-refractivity contribution in [3.63, 3.8) is 0 Å². The number of para-hydroxylation sites is 1. The first-order chi connectivity index (χ1) is 13.8. The summed E-state index contributed by atoms with van der Waals surface area (Å²) in [5.41, 5.74) is 0.824. The van der Waals surface area contributed by atoms with Crippen molar-refractivity contribution in [2.45, 2.75) is 19.1 Å². The second-order valence-electron chi connectivity index (χ2n) is 6.34. The highest BCUT2D eigenvalue weighted by molar-refractivity contribution is 14.2. The molecule has 3 heterocycles. The summed E-state index contributed by atoms with van der Waals surface area (Å²) >= 11 is 8.29. The maximum atomic E-state index is 13.4. The minimum atomic E-state index is -4.46. The SMILES string of the molecule is O=c1c(Cl)c(N2CCc3c(ncn3-c3ccccc3C(F)(F)F)C2)cnn1PI. The van der Waals surface area contributed by atoms with Crippen molar-refractivity contribution in [3.05, 3.63) is 69.1 Å². The summed E-state index contributed by atoms with van der Waals surface area (Å²) < 4.78 is 43.0. The highest BCUT2D eigenvalue weighted by Gasteiger charge is 2.35. The number of nitrogens with zero attached hydrogens (tertiary/aromatic N) is 5. The van der Waals surface area contributed by atoms with E-state index in [1.165, 1.54) is 33.7 Å². The molecule has 2 aromatic heterocycles. The van der Waals surface area contributed by atoms with E-state index in [4.69, 9.17) is 11.6 Å². The molecule has 0 aliphatic carbocycles. The van der Waals surface area contributed by atoms with Gasteiger partial charge in [0.2, 0.25) is 0 Å². The first-order valence-electron chi connectivity index (χ1n) is 8.42. The number of hydrogen-bond donors (Lipinski definition) is 0. The number of imidazole rings is 1. The van der Waals surface area contributed by atoms with Gasteiger partial charge in [0.15, 0.2) is 0 Å². The summed E-state index contributed by atoms with van der Waals surface area (Å²) in [6, 6.07) is 5.43. The number of benzene rings is 1. The highest BCUT2D eigenvalue weighted by Crippen LogP contribution is 2.35. The predicted molar refractivity (Wildman–Crippen MR) is 115 cm³/mol. The molecule has 0 amide bonds. The van der Waals surface area contributed by atoms with E-state index >= 15 is 0 Å². The summed E-state index contributed by atoms with van der Waals surface area (Å²) in [6.07, 6.45) is -0.925. The van der Waals surface area contributed by atoms with Crippen LogP contribution in [0.4, 0.5) is 18.9 Å². The fourth-order valence-electron chi connectivity index (χ4n) is 3.35. The molecule has 3 aromatic rings. The van der Waals surface area contributed by atoms with Crippen molar-refractivity contribution in [2.24, 2.45) is 0 Å². The second-order valence-corrected chi connectivity index (χ2v) is 8.76. The van der Waals surface area contributed by atoms with Crippen LogP contribution in [-0.4, -0.2) is 25.6 Å². The number of rotatable bonds is 3. The Balaban J connectivity index is 1.69. The predicted octanol–water partition coefficient (Wildman–Crippen LogP) is 4.46. The van der Waals surface area contributed by atoms with E-state index in [-0.39, 0.29) is 22.6 Å². The number of halogens is 5. The zero-order valence-corrected chi connectivity index (χ0v) is 18.5. The topological polar surface area (TPSA) is 56.0 Å². The normalized spacial score (nSPS) is 14.6. The minimum Gasteiger partial charge on any atom is -0.362 e. The average Bonchev–Trinajstić information content (AvgIpc) is 3.12. The van der Waals surface area contributed by atoms with Gasteiger partial charge < -0.3 is 9.47 Å². The van der Waals surface area contributed by atoms with Crippen molar-refractivity contribution in [3.8, 4) is 5.69 Å². The Bertz CT molecular complexity index is 1130. The molecule has 0 fully saturated rings. The number of alkyl halides is 3. The fraction of sp³-hybridized carbons (Fsp3) is 0.235. The molecule has 0 N–H and O–H groups in total. The van der Waals surface area contributed by atoms with E-state index < -0.39 is 11.7 Å². The molecular formula is C17H13ClF3IN5OP. The van der Waals surface area contributed by atoms with Crippen LogP contribution in [-0.2, 0) is 19.1 Å². The molecule has 29 heavy (non-hydrogen) atoms. The van der Waals surface area contributed by atoms with Crippen LogP contribution in [0.3, 0.4) is 0 Å². The quantitative estimate of drug-likeness (QED) is 0.355. The number of aromatic nitrogens is 4. The fourth-order valence-corrected chi connectivity index (χ4v) is 4.99. The molecule has 0 bridgehead atoms. The van der Waals surface area contributed by atoms with Crippen LogP contribution in [0.25, 0.3) is 5.69 Å². The molecule has 0 saturated carbocycles. The van der Waals surface area contributed by atoms with Gasteiger partial charge in [-0.25, -0.2) is 9.44 Å². The van der Waals surface area contributed by atoms with Crippen molar-refractivity contribution < 1.29 is 13.2 Å². The van der Waals surface area contributed by atoms with Crippen LogP contribution in [0.2, 0.25) is 5.02 Å². The Morgan fingerprint density at radius 3 is 2.69 bits per heavy atom. The van der Waals surface area contributed by atoms with Crippen molar-refractivity contribution in [1.29, 1.82) is 0 Å². The van der Waals surface area contributed by atoms with Gasteiger partial charge >= 0.3 is 6.18 Å². The van der Waals surface area contributed by atoms with E-state index in [0.717, 1.165) is 6.07 Å². The molecule has 1 unspecified atom stereocenters. The standard InChI is InChI=1S/C17H13ClF3IN5OP/c18-15-14(7-24-27(29-22)16(15)28)25-6-5-13-11(8-25)23-9-26(13)12-4-2-1-3-10(12)17(19,20)21/h1-4,7,9,29H,5-6,8H2. The Morgan fingerprint density at radius 1 is 1.21 bits per heavy atom. The Labute approximate surface area is 183 Å². The van der Waals surface area contributed by atoms with Gasteiger partial charge in [-0.2, -0.15) is 18.3 Å². The summed E-state index contributed by atoms with van der Waals surface area (Å²) in [7, 11) is 0. The monoisotopic (exact) mass is 553 g/mol. The lowest BCUT2D eigenvalue weighted by Gasteiger charge is -2.29. The van der Waals surface area contributed by atoms with Crippen LogP contribution in [0.5, 0.6) is 0 Å². The number of fused-ring (bicyclic) bond motifs is 1. The lowest BCUT2D eigenvalue weighted by atomic mass is 10.1. The average molecular weight is 554 g/mol. The van der Waals surface area contributed by atoms with E-state index in [1.807, 2.05) is 26.9 Å². The van der Waals surface area contributed by atoms with E-state index in [1.54, 1.807) is 6.07 Å². The largest absolute Gasteiger partial charge is 0.418 e. The first kappa shape index (κ1) is 20.6. The van der Waals surface area contributed by atoms with Gasteiger partial charge in [0.05, 0.1) is 48.1 Å². The Hall–Kier alpha value is -1.65. The molecule has 4 rings (SSSR count). The zero-order chi connectivity index (χ0) is 20.8. The first-order valence-corrected chi connectivity index (χ1v) is 12.9. The molecule has 6 nitrogen and oxygen atoms in total. The highest BCUT2D eigenvalue weighted by atomic mass is 127. The van der Waals surface area contributed by atoms with Crippen molar-refractivity contribution >= 4 is 45.7 Å². The molecule has 0 saturated heterocycles. The zero-order valence-electron chi connectivity index (χ0n) is 14.6. The summed E-state index contributed by atoms with van der Waals surface area (Å²) in [6.45, 7) is 0.804. The van der Waals surface area contributed by atoms with Gasteiger partial charge in [-0.1, -0.05) is 23.7 Å². The molecule has 12 heteroatoms. The smallest absolute Gasteiger partial charge is 0.362 e. The van der Waals surface area contributed by atoms with Crippen molar-refractivity contribution in [2.75, 3.05) is 11.4 Å². The van der Waals surface area contributed by atoms with E-state index in [9.17, 15) is 18.0 Å². The molecule has 1 aliphatic rings.